The fraction of sp³-hybridized carbons (Fsp3) is 0.111. The van der Waals surface area contributed by atoms with Crippen LogP contribution in [0, 0.1) is 0 Å². The molecule has 78 valence electrons. The summed E-state index contributed by atoms with van der Waals surface area (Å²) >= 11 is 4.31. The van der Waals surface area contributed by atoms with Crippen molar-refractivity contribution in [3.63, 3.8) is 0 Å². The van der Waals surface area contributed by atoms with Crippen LogP contribution in [0.4, 0.5) is 0 Å². The quantitative estimate of drug-likeness (QED) is 0.799. The number of thioether (sulfide) groups is 1. The maximum Gasteiger partial charge on any atom is 0.257 e. The molecule has 1 aromatic heterocycles. The van der Waals surface area contributed by atoms with Crippen molar-refractivity contribution < 1.29 is 14.3 Å². The third-order valence-electron chi connectivity index (χ3n) is 1.64. The minimum Gasteiger partial charge on any atom is -0.549 e. The number of halogens is 1. The highest BCUT2D eigenvalue weighted by Crippen LogP contribution is 2.25. The summed E-state index contributed by atoms with van der Waals surface area (Å²) in [6, 6.07) is 5.43. The van der Waals surface area contributed by atoms with Crippen molar-refractivity contribution in [2.45, 2.75) is 5.22 Å². The first-order chi connectivity index (χ1) is 7.15. The van der Waals surface area contributed by atoms with E-state index in [0.717, 1.165) is 16.2 Å². The van der Waals surface area contributed by atoms with Crippen LogP contribution in [-0.2, 0) is 4.79 Å². The summed E-state index contributed by atoms with van der Waals surface area (Å²) in [5, 5.41) is 10.6. The van der Waals surface area contributed by atoms with Crippen molar-refractivity contribution in [2.24, 2.45) is 0 Å². The molecule has 0 saturated carbocycles. The molecule has 4 nitrogen and oxygen atoms in total. The van der Waals surface area contributed by atoms with Gasteiger partial charge in [-0.1, -0.05) is 27.7 Å². The number of benzene rings is 1. The molecule has 0 fully saturated rings. The van der Waals surface area contributed by atoms with Gasteiger partial charge in [-0.3, -0.25) is 0 Å². The minimum absolute atomic E-state index is 0.159. The van der Waals surface area contributed by atoms with Gasteiger partial charge in [-0.05, 0) is 18.2 Å². The van der Waals surface area contributed by atoms with Gasteiger partial charge in [0.1, 0.15) is 5.52 Å². The lowest BCUT2D eigenvalue weighted by atomic mass is 10.3. The van der Waals surface area contributed by atoms with Crippen LogP contribution in [0.1, 0.15) is 0 Å². The normalized spacial score (nSPS) is 10.7. The summed E-state index contributed by atoms with van der Waals surface area (Å²) in [5.41, 5.74) is 1.34. The number of aliphatic carboxylic acids is 1. The Bertz CT molecular complexity index is 511. The van der Waals surface area contributed by atoms with Crippen LogP contribution in [-0.4, -0.2) is 16.7 Å². The van der Waals surface area contributed by atoms with Crippen LogP contribution in [0.2, 0.25) is 0 Å². The second-order valence-corrected chi connectivity index (χ2v) is 4.59. The van der Waals surface area contributed by atoms with E-state index in [4.69, 9.17) is 4.42 Å². The average Bonchev–Trinajstić information content (AvgIpc) is 2.56. The zero-order valence-corrected chi connectivity index (χ0v) is 9.80. The Labute approximate surface area is 97.8 Å². The average molecular weight is 287 g/mol. The molecule has 0 unspecified atom stereocenters. The van der Waals surface area contributed by atoms with Gasteiger partial charge in [0.25, 0.3) is 5.22 Å². The molecule has 0 aliphatic heterocycles. The number of hydrogen-bond donors (Lipinski definition) is 0. The number of carboxylic acids is 1. The summed E-state index contributed by atoms with van der Waals surface area (Å²) in [6.07, 6.45) is 0. The lowest BCUT2D eigenvalue weighted by molar-refractivity contribution is -0.301. The monoisotopic (exact) mass is 286 g/mol. The number of nitrogens with zero attached hydrogens (tertiary/aromatic N) is 1. The largest absolute Gasteiger partial charge is 0.549 e. The van der Waals surface area contributed by atoms with Crippen molar-refractivity contribution >= 4 is 44.8 Å². The minimum atomic E-state index is -1.14. The molecule has 0 radical (unpaired) electrons. The van der Waals surface area contributed by atoms with Crippen LogP contribution in [0.25, 0.3) is 11.1 Å². The first-order valence-corrected chi connectivity index (χ1v) is 5.82. The Hall–Kier alpha value is -1.01. The summed E-state index contributed by atoms with van der Waals surface area (Å²) in [4.78, 5) is 14.3. The number of aromatic nitrogens is 1. The molecular formula is C9H5BrNO3S-. The van der Waals surface area contributed by atoms with Gasteiger partial charge in [0.05, 0.1) is 5.97 Å². The van der Waals surface area contributed by atoms with Gasteiger partial charge in [-0.2, -0.15) is 0 Å². The smallest absolute Gasteiger partial charge is 0.257 e. The van der Waals surface area contributed by atoms with E-state index in [0.29, 0.717) is 16.3 Å². The molecule has 15 heavy (non-hydrogen) atoms. The SMILES string of the molecule is O=C([O-])CSc1nc2ccc(Br)cc2o1. The number of fused-ring (bicyclic) bond motifs is 1. The van der Waals surface area contributed by atoms with Crippen LogP contribution >= 0.6 is 27.7 Å². The predicted octanol–water partition coefficient (Wildman–Crippen LogP) is 1.43. The van der Waals surface area contributed by atoms with Gasteiger partial charge in [-0.25, -0.2) is 4.98 Å². The molecule has 2 rings (SSSR count). The molecule has 2 aromatic rings. The molecule has 0 saturated heterocycles. The van der Waals surface area contributed by atoms with Crippen molar-refractivity contribution in [1.82, 2.24) is 4.98 Å². The Balaban J connectivity index is 2.27. The Morgan fingerprint density at radius 2 is 2.40 bits per heavy atom. The molecule has 0 aliphatic rings. The fourth-order valence-electron chi connectivity index (χ4n) is 1.06. The zero-order chi connectivity index (χ0) is 10.8. The van der Waals surface area contributed by atoms with E-state index in [1.165, 1.54) is 0 Å². The fourth-order valence-corrected chi connectivity index (χ4v) is 1.95. The van der Waals surface area contributed by atoms with Crippen LogP contribution < -0.4 is 5.11 Å². The van der Waals surface area contributed by atoms with E-state index < -0.39 is 5.97 Å². The van der Waals surface area contributed by atoms with Crippen molar-refractivity contribution in [2.75, 3.05) is 5.75 Å². The Morgan fingerprint density at radius 3 is 3.13 bits per heavy atom. The van der Waals surface area contributed by atoms with Crippen molar-refractivity contribution in [3.8, 4) is 0 Å². The van der Waals surface area contributed by atoms with Gasteiger partial charge in [0, 0.05) is 10.2 Å². The number of carbonyl (C=O) groups excluding carboxylic acids is 1. The second kappa shape index (κ2) is 4.24. The Kier molecular flexibility index (Phi) is 2.97. The molecule has 1 heterocycles. The van der Waals surface area contributed by atoms with Gasteiger partial charge < -0.3 is 14.3 Å². The second-order valence-electron chi connectivity index (χ2n) is 2.75. The lowest BCUT2D eigenvalue weighted by Gasteiger charge is -1.95. The molecule has 1 aromatic carbocycles. The molecule has 0 N–H and O–H groups in total. The summed E-state index contributed by atoms with van der Waals surface area (Å²) in [5.74, 6) is -1.29. The maximum atomic E-state index is 10.2. The van der Waals surface area contributed by atoms with Gasteiger partial charge >= 0.3 is 0 Å². The maximum absolute atomic E-state index is 10.2. The van der Waals surface area contributed by atoms with Crippen LogP contribution in [0.5, 0.6) is 0 Å². The topological polar surface area (TPSA) is 66.2 Å². The zero-order valence-electron chi connectivity index (χ0n) is 7.40. The van der Waals surface area contributed by atoms with E-state index >= 15 is 0 Å². The predicted molar refractivity (Wildman–Crippen MR) is 57.4 cm³/mol. The standard InChI is InChI=1S/C9H6BrNO3S/c10-5-1-2-6-7(3-5)14-9(11-6)15-4-8(12)13/h1-3H,4H2,(H,12,13)/p-1. The summed E-state index contributed by atoms with van der Waals surface area (Å²) in [6.45, 7) is 0. The van der Waals surface area contributed by atoms with E-state index in [9.17, 15) is 9.90 Å². The molecular weight excluding hydrogens is 282 g/mol. The van der Waals surface area contributed by atoms with Crippen LogP contribution in [0.15, 0.2) is 32.3 Å². The van der Waals surface area contributed by atoms with Crippen molar-refractivity contribution in [3.05, 3.63) is 22.7 Å². The van der Waals surface area contributed by atoms with E-state index in [2.05, 4.69) is 20.9 Å². The highest BCUT2D eigenvalue weighted by atomic mass is 79.9. The number of oxazole rings is 1. The van der Waals surface area contributed by atoms with E-state index in [1.807, 2.05) is 6.07 Å². The third kappa shape index (κ3) is 2.51. The summed E-state index contributed by atoms with van der Waals surface area (Å²) < 4.78 is 6.22. The number of carboxylic acid groups (broad SMARTS) is 1. The highest BCUT2D eigenvalue weighted by Gasteiger charge is 2.06. The highest BCUT2D eigenvalue weighted by molar-refractivity contribution is 9.10. The molecule has 0 aliphatic carbocycles. The number of carbonyl (C=O) groups is 1. The number of rotatable bonds is 3. The van der Waals surface area contributed by atoms with E-state index in [1.54, 1.807) is 12.1 Å². The Morgan fingerprint density at radius 1 is 1.60 bits per heavy atom. The molecule has 0 amide bonds. The molecule has 0 spiro atoms. The first-order valence-electron chi connectivity index (χ1n) is 4.04. The van der Waals surface area contributed by atoms with Crippen molar-refractivity contribution in [1.29, 1.82) is 0 Å². The third-order valence-corrected chi connectivity index (χ3v) is 2.94. The van der Waals surface area contributed by atoms with Gasteiger partial charge in [0.2, 0.25) is 0 Å². The first kappa shape index (κ1) is 10.5. The van der Waals surface area contributed by atoms with Crippen LogP contribution in [0.3, 0.4) is 0 Å². The van der Waals surface area contributed by atoms with Gasteiger partial charge in [0.15, 0.2) is 5.58 Å². The van der Waals surface area contributed by atoms with E-state index in [-0.39, 0.29) is 5.75 Å². The number of hydrogen-bond acceptors (Lipinski definition) is 5. The molecule has 6 heteroatoms. The van der Waals surface area contributed by atoms with Gasteiger partial charge in [-0.15, -0.1) is 0 Å². The lowest BCUT2D eigenvalue weighted by Crippen LogP contribution is -2.24. The molecule has 0 bridgehead atoms. The molecule has 0 atom stereocenters. The summed E-state index contributed by atoms with van der Waals surface area (Å²) in [7, 11) is 0.